The van der Waals surface area contributed by atoms with Crippen LogP contribution in [0.15, 0.2) is 60.0 Å². The number of thioether (sulfide) groups is 1. The van der Waals surface area contributed by atoms with Gasteiger partial charge in [0.1, 0.15) is 0 Å². The third-order valence-electron chi connectivity index (χ3n) is 3.23. The topological polar surface area (TPSA) is 46.9 Å². The lowest BCUT2D eigenvalue weighted by Crippen LogP contribution is -2.14. The van der Waals surface area contributed by atoms with E-state index in [1.165, 1.54) is 17.8 Å². The van der Waals surface area contributed by atoms with Crippen molar-refractivity contribution in [1.29, 1.82) is 0 Å². The Balaban J connectivity index is 1.65. The number of carbonyl (C=O) groups excluding carboxylic acids is 1. The van der Waals surface area contributed by atoms with Gasteiger partial charge < -0.3 is 5.32 Å². The van der Waals surface area contributed by atoms with E-state index in [0.717, 1.165) is 17.8 Å². The molecule has 25 heavy (non-hydrogen) atoms. The predicted octanol–water partition coefficient (Wildman–Crippen LogP) is 4.53. The second kappa shape index (κ2) is 7.67. The van der Waals surface area contributed by atoms with Gasteiger partial charge in [-0.15, -0.1) is 0 Å². The highest BCUT2D eigenvalue weighted by Crippen LogP contribution is 2.23. The lowest BCUT2D eigenvalue weighted by molar-refractivity contribution is -0.113. The van der Waals surface area contributed by atoms with E-state index in [1.54, 1.807) is 29.1 Å². The fourth-order valence-electron chi connectivity index (χ4n) is 2.12. The van der Waals surface area contributed by atoms with E-state index in [9.17, 15) is 13.6 Å². The Morgan fingerprint density at radius 3 is 2.80 bits per heavy atom. The maximum Gasteiger partial charge on any atom is 0.234 e. The molecule has 2 aromatic carbocycles. The maximum absolute atomic E-state index is 13.2. The Hall–Kier alpha value is -2.38. The van der Waals surface area contributed by atoms with Gasteiger partial charge in [-0.3, -0.25) is 9.36 Å². The molecule has 1 heterocycles. The van der Waals surface area contributed by atoms with Crippen molar-refractivity contribution < 1.29 is 13.6 Å². The minimum atomic E-state index is -1.01. The fourth-order valence-corrected chi connectivity index (χ4v) is 3.08. The normalized spacial score (nSPS) is 10.7. The van der Waals surface area contributed by atoms with Gasteiger partial charge in [-0.25, -0.2) is 13.8 Å². The quantitative estimate of drug-likeness (QED) is 0.662. The highest BCUT2D eigenvalue weighted by atomic mass is 35.5. The largest absolute Gasteiger partial charge is 0.325 e. The molecular formula is C17H12ClF2N3OS. The zero-order valence-corrected chi connectivity index (χ0v) is 14.3. The van der Waals surface area contributed by atoms with Crippen molar-refractivity contribution in [3.05, 3.63) is 71.5 Å². The molecule has 1 aromatic heterocycles. The summed E-state index contributed by atoms with van der Waals surface area (Å²) in [6.07, 6.45) is 3.39. The molecule has 128 valence electrons. The van der Waals surface area contributed by atoms with Crippen molar-refractivity contribution >= 4 is 35.0 Å². The van der Waals surface area contributed by atoms with Gasteiger partial charge in [-0.05, 0) is 30.3 Å². The zero-order chi connectivity index (χ0) is 17.8. The van der Waals surface area contributed by atoms with Crippen LogP contribution in [0, 0.1) is 11.6 Å². The van der Waals surface area contributed by atoms with E-state index in [0.29, 0.717) is 10.2 Å². The van der Waals surface area contributed by atoms with Crippen molar-refractivity contribution in [2.45, 2.75) is 5.16 Å². The number of imidazole rings is 1. The molecule has 3 rings (SSSR count). The Labute approximate surface area is 151 Å². The molecule has 1 amide bonds. The summed E-state index contributed by atoms with van der Waals surface area (Å²) in [5.41, 5.74) is 1.02. The Morgan fingerprint density at radius 1 is 1.20 bits per heavy atom. The van der Waals surface area contributed by atoms with Crippen LogP contribution in [-0.4, -0.2) is 21.2 Å². The summed E-state index contributed by atoms with van der Waals surface area (Å²) in [6, 6.07) is 10.4. The summed E-state index contributed by atoms with van der Waals surface area (Å²) in [5.74, 6) is -2.26. The number of nitrogens with zero attached hydrogens (tertiary/aromatic N) is 2. The van der Waals surface area contributed by atoms with E-state index in [4.69, 9.17) is 11.6 Å². The van der Waals surface area contributed by atoms with Gasteiger partial charge in [0.25, 0.3) is 0 Å². The van der Waals surface area contributed by atoms with Gasteiger partial charge in [0.15, 0.2) is 16.8 Å². The Bertz CT molecular complexity index is 916. The van der Waals surface area contributed by atoms with Gasteiger partial charge in [0.05, 0.1) is 5.75 Å². The molecule has 1 N–H and O–H groups in total. The third-order valence-corrected chi connectivity index (χ3v) is 4.43. The number of anilines is 1. The molecule has 0 aliphatic rings. The highest BCUT2D eigenvalue weighted by Gasteiger charge is 2.11. The van der Waals surface area contributed by atoms with Crippen molar-refractivity contribution in [3.63, 3.8) is 0 Å². The van der Waals surface area contributed by atoms with Crippen LogP contribution in [0.4, 0.5) is 14.5 Å². The summed E-state index contributed by atoms with van der Waals surface area (Å²) in [4.78, 5) is 16.2. The van der Waals surface area contributed by atoms with Crippen molar-refractivity contribution in [2.75, 3.05) is 11.1 Å². The fraction of sp³-hybridized carbons (Fsp3) is 0.0588. The molecule has 0 unspecified atom stereocenters. The standard InChI is InChI=1S/C17H12ClF2N3OS/c18-11-2-1-3-13(8-11)23-7-6-21-17(23)25-10-16(24)22-12-4-5-14(19)15(20)9-12/h1-9H,10H2,(H,22,24). The van der Waals surface area contributed by atoms with Gasteiger partial charge in [0, 0.05) is 34.9 Å². The minimum Gasteiger partial charge on any atom is -0.325 e. The first-order valence-electron chi connectivity index (χ1n) is 7.20. The summed E-state index contributed by atoms with van der Waals surface area (Å²) >= 11 is 7.21. The molecule has 0 atom stereocenters. The Kier molecular flexibility index (Phi) is 5.35. The summed E-state index contributed by atoms with van der Waals surface area (Å²) in [7, 11) is 0. The molecule has 0 aliphatic heterocycles. The molecule has 8 heteroatoms. The van der Waals surface area contributed by atoms with E-state index >= 15 is 0 Å². The van der Waals surface area contributed by atoms with Crippen molar-refractivity contribution in [3.8, 4) is 5.69 Å². The number of nitrogens with one attached hydrogen (secondary N) is 1. The lowest BCUT2D eigenvalue weighted by Gasteiger charge is -2.08. The monoisotopic (exact) mass is 379 g/mol. The van der Waals surface area contributed by atoms with Gasteiger partial charge in [-0.2, -0.15) is 0 Å². The molecule has 4 nitrogen and oxygen atoms in total. The van der Waals surface area contributed by atoms with E-state index in [1.807, 2.05) is 12.1 Å². The van der Waals surface area contributed by atoms with Crippen molar-refractivity contribution in [2.24, 2.45) is 0 Å². The Morgan fingerprint density at radius 2 is 2.04 bits per heavy atom. The predicted molar refractivity (Wildman–Crippen MR) is 94.3 cm³/mol. The second-order valence-electron chi connectivity index (χ2n) is 5.03. The number of benzene rings is 2. The highest BCUT2D eigenvalue weighted by molar-refractivity contribution is 7.99. The van der Waals surface area contributed by atoms with E-state index in [2.05, 4.69) is 10.3 Å². The lowest BCUT2D eigenvalue weighted by atomic mass is 10.3. The number of rotatable bonds is 5. The van der Waals surface area contributed by atoms with Crippen molar-refractivity contribution in [1.82, 2.24) is 9.55 Å². The first kappa shape index (κ1) is 17.4. The average molecular weight is 380 g/mol. The second-order valence-corrected chi connectivity index (χ2v) is 6.40. The summed E-state index contributed by atoms with van der Waals surface area (Å²) < 4.78 is 27.9. The van der Waals surface area contributed by atoms with Gasteiger partial charge in [-0.1, -0.05) is 29.4 Å². The first-order chi connectivity index (χ1) is 12.0. The van der Waals surface area contributed by atoms with Crippen LogP contribution in [0.3, 0.4) is 0 Å². The summed E-state index contributed by atoms with van der Waals surface area (Å²) in [6.45, 7) is 0. The van der Waals surface area contributed by atoms with Gasteiger partial charge in [0.2, 0.25) is 5.91 Å². The van der Waals surface area contributed by atoms with Crippen LogP contribution < -0.4 is 5.32 Å². The molecule has 0 saturated carbocycles. The summed E-state index contributed by atoms with van der Waals surface area (Å²) in [5, 5.41) is 3.73. The molecule has 0 aliphatic carbocycles. The van der Waals surface area contributed by atoms with Crippen LogP contribution in [-0.2, 0) is 4.79 Å². The molecular weight excluding hydrogens is 368 g/mol. The average Bonchev–Trinajstić information content (AvgIpc) is 3.05. The molecule has 0 spiro atoms. The third kappa shape index (κ3) is 4.37. The van der Waals surface area contributed by atoms with E-state index < -0.39 is 11.6 Å². The smallest absolute Gasteiger partial charge is 0.234 e. The minimum absolute atomic E-state index is 0.0660. The number of hydrogen-bond acceptors (Lipinski definition) is 3. The SMILES string of the molecule is O=C(CSc1nccn1-c1cccc(Cl)c1)Nc1ccc(F)c(F)c1. The molecule has 0 radical (unpaired) electrons. The first-order valence-corrected chi connectivity index (χ1v) is 8.56. The number of halogens is 3. The van der Waals surface area contributed by atoms with Crippen LogP contribution in [0.25, 0.3) is 5.69 Å². The molecule has 0 bridgehead atoms. The molecule has 0 saturated heterocycles. The molecule has 3 aromatic rings. The van der Waals surface area contributed by atoms with Crippen LogP contribution in [0.5, 0.6) is 0 Å². The number of amides is 1. The number of aromatic nitrogens is 2. The van der Waals surface area contributed by atoms with Crippen LogP contribution >= 0.6 is 23.4 Å². The zero-order valence-electron chi connectivity index (χ0n) is 12.7. The van der Waals surface area contributed by atoms with Crippen LogP contribution in [0.2, 0.25) is 5.02 Å². The van der Waals surface area contributed by atoms with E-state index in [-0.39, 0.29) is 17.3 Å². The maximum atomic E-state index is 13.2. The van der Waals surface area contributed by atoms with Crippen LogP contribution in [0.1, 0.15) is 0 Å². The number of hydrogen-bond donors (Lipinski definition) is 1. The number of carbonyl (C=O) groups is 1. The molecule has 0 fully saturated rings. The van der Waals surface area contributed by atoms with Gasteiger partial charge >= 0.3 is 0 Å².